The van der Waals surface area contributed by atoms with Crippen molar-refractivity contribution in [2.75, 3.05) is 13.2 Å². The highest BCUT2D eigenvalue weighted by atomic mass is 32.1. The molecular formula is C12H17N3O4S. The summed E-state index contributed by atoms with van der Waals surface area (Å²) in [6, 6.07) is -0.0381. The van der Waals surface area contributed by atoms with Crippen molar-refractivity contribution in [1.82, 2.24) is 15.2 Å². The number of nitrogens with one attached hydrogen (secondary N) is 1. The lowest BCUT2D eigenvalue weighted by Crippen LogP contribution is -2.49. The topological polar surface area (TPSA) is 103 Å². The number of carboxylic acid groups (broad SMARTS) is 1. The van der Waals surface area contributed by atoms with E-state index in [2.05, 4.69) is 10.3 Å². The Morgan fingerprint density at radius 1 is 1.50 bits per heavy atom. The highest BCUT2D eigenvalue weighted by Crippen LogP contribution is 2.24. The van der Waals surface area contributed by atoms with Crippen LogP contribution in [0.1, 0.15) is 34.8 Å². The molecule has 7 nitrogen and oxygen atoms in total. The van der Waals surface area contributed by atoms with Crippen molar-refractivity contribution in [1.29, 1.82) is 0 Å². The van der Waals surface area contributed by atoms with E-state index < -0.39 is 5.97 Å². The van der Waals surface area contributed by atoms with Gasteiger partial charge >= 0.3 is 12.0 Å². The number of thiazole rings is 1. The number of carboxylic acids is 1. The van der Waals surface area contributed by atoms with Gasteiger partial charge in [-0.05, 0) is 19.3 Å². The Balaban J connectivity index is 1.87. The molecule has 0 unspecified atom stereocenters. The molecule has 0 spiro atoms. The van der Waals surface area contributed by atoms with E-state index in [-0.39, 0.29) is 30.9 Å². The van der Waals surface area contributed by atoms with E-state index in [1.54, 1.807) is 4.90 Å². The molecule has 2 amide bonds. The molecule has 0 aromatic carbocycles. The van der Waals surface area contributed by atoms with Crippen molar-refractivity contribution in [3.05, 3.63) is 16.1 Å². The van der Waals surface area contributed by atoms with Crippen molar-refractivity contribution in [3.8, 4) is 0 Å². The highest BCUT2D eigenvalue weighted by molar-refractivity contribution is 7.09. The molecule has 0 radical (unpaired) electrons. The zero-order valence-corrected chi connectivity index (χ0v) is 11.7. The van der Waals surface area contributed by atoms with E-state index in [9.17, 15) is 9.59 Å². The second kappa shape index (κ2) is 6.67. The van der Waals surface area contributed by atoms with Gasteiger partial charge in [0.25, 0.3) is 0 Å². The first-order valence-electron chi connectivity index (χ1n) is 6.45. The maximum atomic E-state index is 12.0. The minimum absolute atomic E-state index is 0.00884. The first kappa shape index (κ1) is 14.7. The van der Waals surface area contributed by atoms with Gasteiger partial charge in [-0.1, -0.05) is 0 Å². The van der Waals surface area contributed by atoms with E-state index in [4.69, 9.17) is 10.2 Å². The molecule has 1 aliphatic rings. The molecule has 2 rings (SSSR count). The molecule has 1 saturated carbocycles. The standard InChI is InChI=1S/C12H17N3O4S/c16-5-4-15(8-2-1-3-8)12(19)13-6-10-14-9(7-20-10)11(17)18/h7-8,16H,1-6H2,(H,13,19)(H,17,18). The van der Waals surface area contributed by atoms with Gasteiger partial charge in [0.2, 0.25) is 0 Å². The minimum Gasteiger partial charge on any atom is -0.476 e. The second-order valence-corrected chi connectivity index (χ2v) is 5.53. The quantitative estimate of drug-likeness (QED) is 0.724. The van der Waals surface area contributed by atoms with E-state index >= 15 is 0 Å². The van der Waals surface area contributed by atoms with Gasteiger partial charge in [0.05, 0.1) is 13.2 Å². The smallest absolute Gasteiger partial charge is 0.355 e. The Morgan fingerprint density at radius 2 is 2.25 bits per heavy atom. The normalized spacial score (nSPS) is 14.7. The third-order valence-electron chi connectivity index (χ3n) is 3.28. The number of carbonyl (C=O) groups is 2. The van der Waals surface area contributed by atoms with Gasteiger partial charge in [0.1, 0.15) is 5.01 Å². The van der Waals surface area contributed by atoms with Crippen LogP contribution in [-0.4, -0.2) is 51.3 Å². The molecule has 0 bridgehead atoms. The Bertz CT molecular complexity index is 487. The van der Waals surface area contributed by atoms with Crippen molar-refractivity contribution in [2.24, 2.45) is 0 Å². The van der Waals surface area contributed by atoms with Crippen LogP contribution < -0.4 is 5.32 Å². The van der Waals surface area contributed by atoms with Gasteiger partial charge in [-0.25, -0.2) is 14.6 Å². The summed E-state index contributed by atoms with van der Waals surface area (Å²) in [7, 11) is 0. The molecule has 110 valence electrons. The summed E-state index contributed by atoms with van der Waals surface area (Å²) in [4.78, 5) is 28.3. The van der Waals surface area contributed by atoms with Gasteiger partial charge < -0.3 is 20.4 Å². The number of amides is 2. The van der Waals surface area contributed by atoms with Crippen molar-refractivity contribution >= 4 is 23.3 Å². The number of urea groups is 1. The summed E-state index contributed by atoms with van der Waals surface area (Å²) in [6.07, 6.45) is 3.04. The van der Waals surface area contributed by atoms with E-state index in [1.807, 2.05) is 0 Å². The molecule has 1 aromatic rings. The average molecular weight is 299 g/mol. The van der Waals surface area contributed by atoms with Crippen molar-refractivity contribution in [3.63, 3.8) is 0 Å². The zero-order valence-electron chi connectivity index (χ0n) is 10.9. The third kappa shape index (κ3) is 3.45. The van der Waals surface area contributed by atoms with Gasteiger partial charge in [-0.2, -0.15) is 0 Å². The highest BCUT2D eigenvalue weighted by Gasteiger charge is 2.28. The number of nitrogens with zero attached hydrogens (tertiary/aromatic N) is 2. The Hall–Kier alpha value is -1.67. The van der Waals surface area contributed by atoms with E-state index in [0.717, 1.165) is 19.3 Å². The monoisotopic (exact) mass is 299 g/mol. The maximum absolute atomic E-state index is 12.0. The Morgan fingerprint density at radius 3 is 2.75 bits per heavy atom. The fourth-order valence-corrected chi connectivity index (χ4v) is 2.71. The van der Waals surface area contributed by atoms with Crippen molar-refractivity contribution < 1.29 is 19.8 Å². The minimum atomic E-state index is -1.07. The molecule has 8 heteroatoms. The number of aromatic nitrogens is 1. The predicted molar refractivity (Wildman–Crippen MR) is 72.7 cm³/mol. The maximum Gasteiger partial charge on any atom is 0.355 e. The van der Waals surface area contributed by atoms with Crippen LogP contribution in [0.5, 0.6) is 0 Å². The van der Waals surface area contributed by atoms with Crippen molar-refractivity contribution in [2.45, 2.75) is 31.8 Å². The lowest BCUT2D eigenvalue weighted by molar-refractivity contribution is 0.0691. The summed E-state index contributed by atoms with van der Waals surface area (Å²) in [5.74, 6) is -1.07. The summed E-state index contributed by atoms with van der Waals surface area (Å²) in [5, 5.41) is 22.5. The summed E-state index contributed by atoms with van der Waals surface area (Å²) in [5.41, 5.74) is -0.00884. The third-order valence-corrected chi connectivity index (χ3v) is 4.13. The number of hydrogen-bond donors (Lipinski definition) is 3. The number of hydrogen-bond acceptors (Lipinski definition) is 5. The fourth-order valence-electron chi connectivity index (χ4n) is 2.00. The van der Waals surface area contributed by atoms with E-state index in [0.29, 0.717) is 11.6 Å². The second-order valence-electron chi connectivity index (χ2n) is 4.59. The molecule has 3 N–H and O–H groups in total. The van der Waals surface area contributed by atoms with Crippen LogP contribution in [0.4, 0.5) is 4.79 Å². The molecule has 1 aliphatic carbocycles. The largest absolute Gasteiger partial charge is 0.476 e. The average Bonchev–Trinajstić information content (AvgIpc) is 2.82. The first-order valence-corrected chi connectivity index (χ1v) is 7.33. The van der Waals surface area contributed by atoms with Crippen LogP contribution in [0.2, 0.25) is 0 Å². The van der Waals surface area contributed by atoms with Gasteiger partial charge in [-0.15, -0.1) is 11.3 Å². The summed E-state index contributed by atoms with van der Waals surface area (Å²) >= 11 is 1.20. The van der Waals surface area contributed by atoms with Crippen LogP contribution in [-0.2, 0) is 6.54 Å². The van der Waals surface area contributed by atoms with Crippen LogP contribution >= 0.6 is 11.3 Å². The Labute approximate surface area is 120 Å². The summed E-state index contributed by atoms with van der Waals surface area (Å²) in [6.45, 7) is 0.449. The van der Waals surface area contributed by atoms with Gasteiger partial charge in [-0.3, -0.25) is 0 Å². The molecule has 0 atom stereocenters. The van der Waals surface area contributed by atoms with Crippen LogP contribution in [0, 0.1) is 0 Å². The molecule has 0 aliphatic heterocycles. The number of rotatable bonds is 6. The number of aromatic carboxylic acids is 1. The summed E-state index contributed by atoms with van der Waals surface area (Å²) < 4.78 is 0. The molecule has 1 fully saturated rings. The van der Waals surface area contributed by atoms with E-state index in [1.165, 1.54) is 16.7 Å². The number of carbonyl (C=O) groups excluding carboxylic acids is 1. The SMILES string of the molecule is O=C(O)c1csc(CNC(=O)N(CCO)C2CCC2)n1. The Kier molecular flexibility index (Phi) is 4.91. The molecule has 20 heavy (non-hydrogen) atoms. The van der Waals surface area contributed by atoms with Gasteiger partial charge in [0.15, 0.2) is 5.69 Å². The van der Waals surface area contributed by atoms with Gasteiger partial charge in [0, 0.05) is 18.0 Å². The fraction of sp³-hybridized carbons (Fsp3) is 0.583. The molecule has 1 heterocycles. The predicted octanol–water partition coefficient (Wildman–Crippen LogP) is 0.898. The lowest BCUT2D eigenvalue weighted by atomic mass is 9.92. The first-order chi connectivity index (χ1) is 9.61. The van der Waals surface area contributed by atoms with Crippen LogP contribution in [0.25, 0.3) is 0 Å². The lowest BCUT2D eigenvalue weighted by Gasteiger charge is -2.37. The molecule has 0 saturated heterocycles. The number of aliphatic hydroxyl groups excluding tert-OH is 1. The molecule has 1 aromatic heterocycles. The number of aliphatic hydroxyl groups is 1. The van der Waals surface area contributed by atoms with Crippen LogP contribution in [0.3, 0.4) is 0 Å². The van der Waals surface area contributed by atoms with Crippen LogP contribution in [0.15, 0.2) is 5.38 Å². The zero-order chi connectivity index (χ0) is 14.5. The molecular weight excluding hydrogens is 282 g/mol.